The number of hydrogen-bond donors (Lipinski definition) is 1. The van der Waals surface area contributed by atoms with Gasteiger partial charge in [0.15, 0.2) is 0 Å². The first kappa shape index (κ1) is 11.2. The minimum atomic E-state index is -0.478. The van der Waals surface area contributed by atoms with E-state index in [4.69, 9.17) is 10.4 Å². The average Bonchev–Trinajstić information content (AvgIpc) is 2.27. The second-order valence-electron chi connectivity index (χ2n) is 3.03. The molecule has 0 unspecified atom stereocenters. The molecule has 0 bridgehead atoms. The van der Waals surface area contributed by atoms with Crippen LogP contribution in [0.25, 0.3) is 0 Å². The fourth-order valence-corrected chi connectivity index (χ4v) is 1.39. The van der Waals surface area contributed by atoms with Gasteiger partial charge in [-0.3, -0.25) is 0 Å². The highest BCUT2D eigenvalue weighted by Gasteiger charge is 2.14. The van der Waals surface area contributed by atoms with E-state index < -0.39 is 5.97 Å². The van der Waals surface area contributed by atoms with Gasteiger partial charge < -0.3 is 9.84 Å². The van der Waals surface area contributed by atoms with Crippen molar-refractivity contribution in [3.8, 4) is 6.07 Å². The van der Waals surface area contributed by atoms with Crippen LogP contribution in [0.5, 0.6) is 0 Å². The SMILES string of the molecule is COC(=O)c1ccc(CO)c(C#N)c1C. The average molecular weight is 205 g/mol. The Bertz CT molecular complexity index is 432. The van der Waals surface area contributed by atoms with E-state index in [1.165, 1.54) is 7.11 Å². The van der Waals surface area contributed by atoms with Crippen LogP contribution in [-0.4, -0.2) is 18.2 Å². The normalized spacial score (nSPS) is 9.47. The van der Waals surface area contributed by atoms with Gasteiger partial charge >= 0.3 is 5.97 Å². The van der Waals surface area contributed by atoms with Crippen molar-refractivity contribution >= 4 is 5.97 Å². The second kappa shape index (κ2) is 4.58. The van der Waals surface area contributed by atoms with Crippen LogP contribution in [0.3, 0.4) is 0 Å². The fraction of sp³-hybridized carbons (Fsp3) is 0.273. The Hall–Kier alpha value is -1.86. The number of aliphatic hydroxyl groups excluding tert-OH is 1. The summed E-state index contributed by atoms with van der Waals surface area (Å²) in [6.45, 7) is 1.44. The number of carbonyl (C=O) groups is 1. The van der Waals surface area contributed by atoms with Gasteiger partial charge in [-0.25, -0.2) is 4.79 Å². The zero-order valence-electron chi connectivity index (χ0n) is 8.57. The number of esters is 1. The van der Waals surface area contributed by atoms with E-state index in [-0.39, 0.29) is 6.61 Å². The van der Waals surface area contributed by atoms with Crippen molar-refractivity contribution in [1.29, 1.82) is 5.26 Å². The quantitative estimate of drug-likeness (QED) is 0.735. The molecule has 0 heterocycles. The number of hydrogen-bond acceptors (Lipinski definition) is 4. The van der Waals surface area contributed by atoms with Gasteiger partial charge in [0.05, 0.1) is 30.9 Å². The van der Waals surface area contributed by atoms with Crippen molar-refractivity contribution in [1.82, 2.24) is 0 Å². The Morgan fingerprint density at radius 1 is 1.60 bits per heavy atom. The number of methoxy groups -OCH3 is 1. The van der Waals surface area contributed by atoms with Crippen molar-refractivity contribution in [3.63, 3.8) is 0 Å². The van der Waals surface area contributed by atoms with Crippen LogP contribution in [0.2, 0.25) is 0 Å². The summed E-state index contributed by atoms with van der Waals surface area (Å²) in [5.74, 6) is -0.478. The molecule has 4 nitrogen and oxygen atoms in total. The minimum absolute atomic E-state index is 0.217. The predicted octanol–water partition coefficient (Wildman–Crippen LogP) is 1.15. The molecule has 0 spiro atoms. The maximum atomic E-state index is 11.3. The van der Waals surface area contributed by atoms with Gasteiger partial charge in [-0.2, -0.15) is 5.26 Å². The van der Waals surface area contributed by atoms with Crippen molar-refractivity contribution in [2.24, 2.45) is 0 Å². The summed E-state index contributed by atoms with van der Waals surface area (Å²) in [4.78, 5) is 11.3. The van der Waals surface area contributed by atoms with Gasteiger partial charge in [-0.1, -0.05) is 6.07 Å². The molecule has 0 aromatic heterocycles. The van der Waals surface area contributed by atoms with Gasteiger partial charge in [-0.05, 0) is 24.1 Å². The van der Waals surface area contributed by atoms with E-state index in [0.717, 1.165) is 0 Å². The summed E-state index contributed by atoms with van der Waals surface area (Å²) in [7, 11) is 1.29. The second-order valence-corrected chi connectivity index (χ2v) is 3.03. The molecule has 0 amide bonds. The van der Waals surface area contributed by atoms with Gasteiger partial charge in [0.2, 0.25) is 0 Å². The molecule has 0 aliphatic rings. The molecule has 0 radical (unpaired) electrons. The summed E-state index contributed by atoms with van der Waals surface area (Å²) >= 11 is 0. The topological polar surface area (TPSA) is 70.3 Å². The van der Waals surface area contributed by atoms with Gasteiger partial charge in [0, 0.05) is 0 Å². The van der Waals surface area contributed by atoms with E-state index in [9.17, 15) is 4.79 Å². The van der Waals surface area contributed by atoms with Crippen molar-refractivity contribution < 1.29 is 14.6 Å². The van der Waals surface area contributed by atoms with Gasteiger partial charge in [0.25, 0.3) is 0 Å². The third-order valence-corrected chi connectivity index (χ3v) is 2.24. The first-order chi connectivity index (χ1) is 7.15. The monoisotopic (exact) mass is 205 g/mol. The molecule has 4 heteroatoms. The van der Waals surface area contributed by atoms with E-state index in [2.05, 4.69) is 4.74 Å². The van der Waals surface area contributed by atoms with Gasteiger partial charge in [-0.15, -0.1) is 0 Å². The molecule has 0 saturated heterocycles. The minimum Gasteiger partial charge on any atom is -0.465 e. The van der Waals surface area contributed by atoms with E-state index >= 15 is 0 Å². The smallest absolute Gasteiger partial charge is 0.338 e. The maximum Gasteiger partial charge on any atom is 0.338 e. The lowest BCUT2D eigenvalue weighted by Crippen LogP contribution is -2.06. The number of aliphatic hydroxyl groups is 1. The molecule has 0 saturated carbocycles. The Morgan fingerprint density at radius 2 is 2.27 bits per heavy atom. The fourth-order valence-electron chi connectivity index (χ4n) is 1.39. The standard InChI is InChI=1S/C11H11NO3/c1-7-9(11(14)15-2)4-3-8(6-13)10(7)5-12/h3-4,13H,6H2,1-2H3. The molecule has 1 rings (SSSR count). The summed E-state index contributed by atoms with van der Waals surface area (Å²) in [5.41, 5.74) is 1.74. The number of ether oxygens (including phenoxy) is 1. The van der Waals surface area contributed by atoms with Crippen molar-refractivity contribution in [2.45, 2.75) is 13.5 Å². The highest BCUT2D eigenvalue weighted by molar-refractivity contribution is 5.91. The predicted molar refractivity (Wildman–Crippen MR) is 53.2 cm³/mol. The van der Waals surface area contributed by atoms with Crippen LogP contribution in [-0.2, 0) is 11.3 Å². The number of rotatable bonds is 2. The van der Waals surface area contributed by atoms with Crippen LogP contribution in [0, 0.1) is 18.3 Å². The Balaban J connectivity index is 3.37. The lowest BCUT2D eigenvalue weighted by Gasteiger charge is -2.08. The summed E-state index contributed by atoms with van der Waals surface area (Å²) in [6, 6.07) is 5.07. The third kappa shape index (κ3) is 1.97. The third-order valence-electron chi connectivity index (χ3n) is 2.24. The molecule has 1 aromatic carbocycles. The van der Waals surface area contributed by atoms with Crippen molar-refractivity contribution in [2.75, 3.05) is 7.11 Å². The van der Waals surface area contributed by atoms with E-state index in [1.54, 1.807) is 19.1 Å². The molecule has 0 aliphatic heterocycles. The lowest BCUT2D eigenvalue weighted by molar-refractivity contribution is 0.0600. The maximum absolute atomic E-state index is 11.3. The number of nitrogens with zero attached hydrogens (tertiary/aromatic N) is 1. The van der Waals surface area contributed by atoms with Crippen LogP contribution in [0.1, 0.15) is 27.0 Å². The first-order valence-corrected chi connectivity index (χ1v) is 4.37. The Kier molecular flexibility index (Phi) is 3.42. The Morgan fingerprint density at radius 3 is 2.73 bits per heavy atom. The Labute approximate surface area is 87.7 Å². The zero-order valence-corrected chi connectivity index (χ0v) is 8.57. The molecular formula is C11H11NO3. The molecule has 0 atom stereocenters. The first-order valence-electron chi connectivity index (χ1n) is 4.37. The molecule has 1 aromatic rings. The molecule has 15 heavy (non-hydrogen) atoms. The number of carbonyl (C=O) groups excluding carboxylic acids is 1. The summed E-state index contributed by atoms with van der Waals surface area (Å²) < 4.78 is 4.58. The summed E-state index contributed by atoms with van der Waals surface area (Å²) in [5, 5.41) is 17.9. The zero-order chi connectivity index (χ0) is 11.4. The highest BCUT2D eigenvalue weighted by Crippen LogP contribution is 2.18. The number of benzene rings is 1. The van der Waals surface area contributed by atoms with E-state index in [0.29, 0.717) is 22.3 Å². The van der Waals surface area contributed by atoms with Crippen LogP contribution >= 0.6 is 0 Å². The lowest BCUT2D eigenvalue weighted by atomic mass is 9.98. The van der Waals surface area contributed by atoms with Crippen molar-refractivity contribution in [3.05, 3.63) is 34.4 Å². The van der Waals surface area contributed by atoms with Crippen LogP contribution in [0.4, 0.5) is 0 Å². The number of nitriles is 1. The largest absolute Gasteiger partial charge is 0.465 e. The van der Waals surface area contributed by atoms with Gasteiger partial charge in [0.1, 0.15) is 0 Å². The van der Waals surface area contributed by atoms with Crippen LogP contribution < -0.4 is 0 Å². The molecule has 78 valence electrons. The van der Waals surface area contributed by atoms with Crippen LogP contribution in [0.15, 0.2) is 12.1 Å². The molecule has 1 N–H and O–H groups in total. The molecule has 0 aliphatic carbocycles. The molecular weight excluding hydrogens is 194 g/mol. The highest BCUT2D eigenvalue weighted by atomic mass is 16.5. The molecule has 0 fully saturated rings. The summed E-state index contributed by atoms with van der Waals surface area (Å²) in [6.07, 6.45) is 0. The van der Waals surface area contributed by atoms with E-state index in [1.807, 2.05) is 6.07 Å².